The number of likely N-dealkylation sites (tertiary alicyclic amines) is 1. The van der Waals surface area contributed by atoms with Crippen molar-refractivity contribution in [1.82, 2.24) is 10.2 Å². The molecule has 1 fully saturated rings. The van der Waals surface area contributed by atoms with Crippen molar-refractivity contribution in [1.29, 1.82) is 0 Å². The Hall–Kier alpha value is -1.76. The lowest BCUT2D eigenvalue weighted by atomic mass is 9.94. The third-order valence-corrected chi connectivity index (χ3v) is 4.70. The molecule has 2 aliphatic rings. The van der Waals surface area contributed by atoms with E-state index in [9.17, 15) is 9.59 Å². The van der Waals surface area contributed by atoms with Crippen LogP contribution in [-0.4, -0.2) is 54.3 Å². The second-order valence-corrected chi connectivity index (χ2v) is 8.25. The summed E-state index contributed by atoms with van der Waals surface area (Å²) in [4.78, 5) is 26.4. The van der Waals surface area contributed by atoms with E-state index in [-0.39, 0.29) is 30.1 Å². The predicted molar refractivity (Wildman–Crippen MR) is 99.4 cm³/mol. The van der Waals surface area contributed by atoms with Gasteiger partial charge in [-0.05, 0) is 59.0 Å². The molecule has 2 aliphatic heterocycles. The predicted octanol–water partition coefficient (Wildman–Crippen LogP) is 2.16. The molecule has 26 heavy (non-hydrogen) atoms. The first kappa shape index (κ1) is 20.6. The standard InChI is InChI=1S/C19H33N3O4/c1-13-16(8-7-15(11-20)25-13)21-17(23)10-14-6-5-9-22(12-14)18(24)26-19(2,3)4/h7,13-14,16H,5-6,8-12,20H2,1-4H3,(H,21,23)/t13-,14?,16-/m1/s1. The fourth-order valence-corrected chi connectivity index (χ4v) is 3.38. The van der Waals surface area contributed by atoms with Crippen LogP contribution in [0, 0.1) is 5.92 Å². The highest BCUT2D eigenvalue weighted by molar-refractivity contribution is 5.77. The van der Waals surface area contributed by atoms with Gasteiger partial charge in [0.15, 0.2) is 0 Å². The number of nitrogens with zero attached hydrogens (tertiary/aromatic N) is 1. The van der Waals surface area contributed by atoms with Crippen molar-refractivity contribution in [2.75, 3.05) is 19.6 Å². The average molecular weight is 367 g/mol. The number of carbonyl (C=O) groups excluding carboxylic acids is 2. The van der Waals surface area contributed by atoms with E-state index in [1.165, 1.54) is 0 Å². The lowest BCUT2D eigenvalue weighted by molar-refractivity contribution is -0.124. The summed E-state index contributed by atoms with van der Waals surface area (Å²) in [5.74, 6) is 0.945. The molecule has 0 aromatic carbocycles. The number of hydrogen-bond acceptors (Lipinski definition) is 5. The van der Waals surface area contributed by atoms with Gasteiger partial charge in [0.05, 0.1) is 12.6 Å². The minimum atomic E-state index is -0.506. The molecule has 3 atom stereocenters. The second-order valence-electron chi connectivity index (χ2n) is 8.25. The highest BCUT2D eigenvalue weighted by atomic mass is 16.6. The van der Waals surface area contributed by atoms with E-state index in [1.807, 2.05) is 33.8 Å². The van der Waals surface area contributed by atoms with Gasteiger partial charge in [0.1, 0.15) is 17.5 Å². The minimum Gasteiger partial charge on any atom is -0.492 e. The van der Waals surface area contributed by atoms with Crippen LogP contribution in [0.4, 0.5) is 4.79 Å². The summed E-state index contributed by atoms with van der Waals surface area (Å²) in [7, 11) is 0. The van der Waals surface area contributed by atoms with Crippen molar-refractivity contribution < 1.29 is 19.1 Å². The van der Waals surface area contributed by atoms with Gasteiger partial charge in [-0.1, -0.05) is 0 Å². The van der Waals surface area contributed by atoms with Crippen LogP contribution in [0.5, 0.6) is 0 Å². The van der Waals surface area contributed by atoms with E-state index in [4.69, 9.17) is 15.2 Å². The first-order valence-corrected chi connectivity index (χ1v) is 9.51. The Bertz CT molecular complexity index is 541. The van der Waals surface area contributed by atoms with Crippen LogP contribution in [0.25, 0.3) is 0 Å². The van der Waals surface area contributed by atoms with Crippen LogP contribution in [-0.2, 0) is 14.3 Å². The van der Waals surface area contributed by atoms with Gasteiger partial charge >= 0.3 is 6.09 Å². The summed E-state index contributed by atoms with van der Waals surface area (Å²) < 4.78 is 11.1. The van der Waals surface area contributed by atoms with Crippen LogP contribution >= 0.6 is 0 Å². The van der Waals surface area contributed by atoms with Crippen molar-refractivity contribution >= 4 is 12.0 Å². The Morgan fingerprint density at radius 3 is 2.77 bits per heavy atom. The van der Waals surface area contributed by atoms with Gasteiger partial charge in [-0.3, -0.25) is 4.79 Å². The third kappa shape index (κ3) is 6.20. The Morgan fingerprint density at radius 1 is 1.42 bits per heavy atom. The number of nitrogens with one attached hydrogen (secondary N) is 1. The maximum Gasteiger partial charge on any atom is 0.410 e. The van der Waals surface area contributed by atoms with Gasteiger partial charge < -0.3 is 25.4 Å². The normalized spacial score (nSPS) is 26.6. The van der Waals surface area contributed by atoms with E-state index in [1.54, 1.807) is 4.90 Å². The van der Waals surface area contributed by atoms with E-state index in [2.05, 4.69) is 5.32 Å². The maximum atomic E-state index is 12.4. The van der Waals surface area contributed by atoms with Crippen molar-refractivity contribution in [2.24, 2.45) is 11.7 Å². The fourth-order valence-electron chi connectivity index (χ4n) is 3.38. The Labute approximate surface area is 156 Å². The number of nitrogens with two attached hydrogens (primary N) is 1. The van der Waals surface area contributed by atoms with Crippen LogP contribution < -0.4 is 11.1 Å². The number of ether oxygens (including phenoxy) is 2. The average Bonchev–Trinajstić information content (AvgIpc) is 2.55. The molecule has 0 aliphatic carbocycles. The van der Waals surface area contributed by atoms with Gasteiger partial charge in [-0.2, -0.15) is 0 Å². The lowest BCUT2D eigenvalue weighted by Gasteiger charge is -2.34. The fraction of sp³-hybridized carbons (Fsp3) is 0.789. The topological polar surface area (TPSA) is 93.9 Å². The maximum absolute atomic E-state index is 12.4. The summed E-state index contributed by atoms with van der Waals surface area (Å²) in [6.45, 7) is 9.16. The van der Waals surface area contributed by atoms with Crippen molar-refractivity contribution in [2.45, 2.75) is 71.1 Å². The number of piperidine rings is 1. The number of carbonyl (C=O) groups is 2. The van der Waals surface area contributed by atoms with Crippen LogP contribution in [0.15, 0.2) is 11.8 Å². The van der Waals surface area contributed by atoms with Gasteiger partial charge in [0.25, 0.3) is 0 Å². The molecular weight excluding hydrogens is 334 g/mol. The largest absolute Gasteiger partial charge is 0.492 e. The Kier molecular flexibility index (Phi) is 6.92. The molecule has 2 rings (SSSR count). The number of rotatable bonds is 4. The zero-order valence-electron chi connectivity index (χ0n) is 16.4. The Balaban J connectivity index is 1.81. The van der Waals surface area contributed by atoms with Crippen LogP contribution in [0.2, 0.25) is 0 Å². The van der Waals surface area contributed by atoms with Crippen LogP contribution in [0.3, 0.4) is 0 Å². The molecule has 2 amide bonds. The molecular formula is C19H33N3O4. The molecule has 1 unspecified atom stereocenters. The zero-order valence-corrected chi connectivity index (χ0v) is 16.4. The van der Waals surface area contributed by atoms with Gasteiger partial charge in [0, 0.05) is 19.5 Å². The van der Waals surface area contributed by atoms with E-state index >= 15 is 0 Å². The van der Waals surface area contributed by atoms with Crippen molar-refractivity contribution in [3.63, 3.8) is 0 Å². The number of amides is 2. The van der Waals surface area contributed by atoms with Gasteiger partial charge in [0.2, 0.25) is 5.91 Å². The van der Waals surface area contributed by atoms with Gasteiger partial charge in [-0.15, -0.1) is 0 Å². The molecule has 3 N–H and O–H groups in total. The monoisotopic (exact) mass is 367 g/mol. The summed E-state index contributed by atoms with van der Waals surface area (Å²) in [5, 5.41) is 3.06. The molecule has 1 saturated heterocycles. The van der Waals surface area contributed by atoms with Crippen LogP contribution in [0.1, 0.15) is 53.4 Å². The smallest absolute Gasteiger partial charge is 0.410 e. The first-order valence-electron chi connectivity index (χ1n) is 9.51. The van der Waals surface area contributed by atoms with Crippen molar-refractivity contribution in [3.8, 4) is 0 Å². The summed E-state index contributed by atoms with van der Waals surface area (Å²) >= 11 is 0. The summed E-state index contributed by atoms with van der Waals surface area (Å²) in [6, 6.07) is -0.0386. The quantitative estimate of drug-likeness (QED) is 0.794. The molecule has 148 valence electrons. The summed E-state index contributed by atoms with van der Waals surface area (Å²) in [6.07, 6.45) is 4.53. The molecule has 7 heteroatoms. The molecule has 2 heterocycles. The molecule has 0 bridgehead atoms. The van der Waals surface area contributed by atoms with Crippen molar-refractivity contribution in [3.05, 3.63) is 11.8 Å². The number of hydrogen-bond donors (Lipinski definition) is 2. The van der Waals surface area contributed by atoms with E-state index < -0.39 is 5.60 Å². The molecule has 0 radical (unpaired) electrons. The third-order valence-electron chi connectivity index (χ3n) is 4.70. The van der Waals surface area contributed by atoms with E-state index in [0.717, 1.165) is 25.0 Å². The van der Waals surface area contributed by atoms with E-state index in [0.29, 0.717) is 26.1 Å². The SMILES string of the molecule is C[C@H]1OC(CN)=CC[C@H]1NC(=O)CC1CCCN(C(=O)OC(C)(C)C)C1. The molecule has 7 nitrogen and oxygen atoms in total. The molecule has 0 aromatic rings. The highest BCUT2D eigenvalue weighted by Gasteiger charge is 2.30. The zero-order chi connectivity index (χ0) is 19.3. The molecule has 0 spiro atoms. The lowest BCUT2D eigenvalue weighted by Crippen LogP contribution is -2.47. The second kappa shape index (κ2) is 8.75. The Morgan fingerprint density at radius 2 is 2.15 bits per heavy atom. The summed E-state index contributed by atoms with van der Waals surface area (Å²) in [5.41, 5.74) is 5.08. The first-order chi connectivity index (χ1) is 12.2. The molecule has 0 saturated carbocycles. The minimum absolute atomic E-state index is 0.00564. The van der Waals surface area contributed by atoms with Gasteiger partial charge in [-0.25, -0.2) is 4.79 Å². The highest BCUT2D eigenvalue weighted by Crippen LogP contribution is 2.22. The molecule has 0 aromatic heterocycles.